The van der Waals surface area contributed by atoms with Gasteiger partial charge in [0.2, 0.25) is 5.91 Å². The van der Waals surface area contributed by atoms with Crippen LogP contribution < -0.4 is 5.32 Å². The van der Waals surface area contributed by atoms with E-state index in [-0.39, 0.29) is 5.91 Å². The van der Waals surface area contributed by atoms with Gasteiger partial charge in [-0.3, -0.25) is 4.79 Å². The standard InChI is InChI=1S/C16H24N2OS/c1-13(2)11-18(12-14-5-3-9-17-14)16(19)8-7-15-6-4-10-20-15/h4,6-8,10,13-14,17H,3,5,9,11-12H2,1-2H3/b8-7+. The Hall–Kier alpha value is -1.13. The Labute approximate surface area is 125 Å². The summed E-state index contributed by atoms with van der Waals surface area (Å²) in [6.45, 7) is 7.05. The van der Waals surface area contributed by atoms with Gasteiger partial charge < -0.3 is 10.2 Å². The molecular weight excluding hydrogens is 268 g/mol. The van der Waals surface area contributed by atoms with Crippen LogP contribution in [0.3, 0.4) is 0 Å². The van der Waals surface area contributed by atoms with Crippen LogP contribution >= 0.6 is 11.3 Å². The number of nitrogens with one attached hydrogen (secondary N) is 1. The zero-order chi connectivity index (χ0) is 14.4. The van der Waals surface area contributed by atoms with Crippen LogP contribution in [0.25, 0.3) is 6.08 Å². The molecule has 0 saturated carbocycles. The molecule has 3 nitrogen and oxygen atoms in total. The molecule has 110 valence electrons. The maximum Gasteiger partial charge on any atom is 0.246 e. The first-order valence-corrected chi connectivity index (χ1v) is 8.27. The van der Waals surface area contributed by atoms with Crippen molar-refractivity contribution in [3.8, 4) is 0 Å². The van der Waals surface area contributed by atoms with Crippen molar-refractivity contribution in [3.05, 3.63) is 28.5 Å². The number of carbonyl (C=O) groups is 1. The summed E-state index contributed by atoms with van der Waals surface area (Å²) in [5.41, 5.74) is 0. The molecule has 0 radical (unpaired) electrons. The molecule has 1 atom stereocenters. The summed E-state index contributed by atoms with van der Waals surface area (Å²) in [6.07, 6.45) is 6.03. The number of carbonyl (C=O) groups excluding carboxylic acids is 1. The SMILES string of the molecule is CC(C)CN(CC1CCCN1)C(=O)/C=C/c1cccs1. The normalized spacial score (nSPS) is 19.1. The van der Waals surface area contributed by atoms with Gasteiger partial charge in [-0.25, -0.2) is 0 Å². The second-order valence-electron chi connectivity index (χ2n) is 5.78. The lowest BCUT2D eigenvalue weighted by Crippen LogP contribution is -2.42. The number of thiophene rings is 1. The van der Waals surface area contributed by atoms with Crippen LogP contribution in [0.1, 0.15) is 31.6 Å². The van der Waals surface area contributed by atoms with Crippen LogP contribution in [-0.2, 0) is 4.79 Å². The number of hydrogen-bond donors (Lipinski definition) is 1. The fraction of sp³-hybridized carbons (Fsp3) is 0.562. The van der Waals surface area contributed by atoms with Crippen molar-refractivity contribution >= 4 is 23.3 Å². The summed E-state index contributed by atoms with van der Waals surface area (Å²) in [4.78, 5) is 15.5. The molecule has 1 amide bonds. The Balaban J connectivity index is 1.95. The molecule has 20 heavy (non-hydrogen) atoms. The molecule has 0 spiro atoms. The third-order valence-electron chi connectivity index (χ3n) is 3.43. The monoisotopic (exact) mass is 292 g/mol. The molecule has 0 bridgehead atoms. The molecule has 2 rings (SSSR count). The van der Waals surface area contributed by atoms with E-state index in [1.165, 1.54) is 12.8 Å². The molecule has 1 aromatic rings. The van der Waals surface area contributed by atoms with Gasteiger partial charge in [-0.15, -0.1) is 11.3 Å². The number of rotatable bonds is 6. The highest BCUT2D eigenvalue weighted by Gasteiger charge is 2.20. The van der Waals surface area contributed by atoms with Gasteiger partial charge in [0.25, 0.3) is 0 Å². The van der Waals surface area contributed by atoms with Crippen LogP contribution in [0.5, 0.6) is 0 Å². The van der Waals surface area contributed by atoms with Crippen molar-refractivity contribution in [2.75, 3.05) is 19.6 Å². The quantitative estimate of drug-likeness (QED) is 0.818. The maximum absolute atomic E-state index is 12.4. The molecule has 2 heterocycles. The van der Waals surface area contributed by atoms with Crippen molar-refractivity contribution in [2.45, 2.75) is 32.7 Å². The van der Waals surface area contributed by atoms with Crippen molar-refractivity contribution in [1.82, 2.24) is 10.2 Å². The van der Waals surface area contributed by atoms with Gasteiger partial charge in [0.1, 0.15) is 0 Å². The Morgan fingerprint density at radius 1 is 1.60 bits per heavy atom. The second-order valence-corrected chi connectivity index (χ2v) is 6.76. The number of amides is 1. The minimum atomic E-state index is 0.126. The first-order chi connectivity index (χ1) is 9.65. The first-order valence-electron chi connectivity index (χ1n) is 7.39. The van der Waals surface area contributed by atoms with E-state index in [1.807, 2.05) is 28.5 Å². The van der Waals surface area contributed by atoms with Gasteiger partial charge in [0.15, 0.2) is 0 Å². The fourth-order valence-corrected chi connectivity index (χ4v) is 3.14. The van der Waals surface area contributed by atoms with E-state index in [1.54, 1.807) is 17.4 Å². The Bertz CT molecular complexity index is 433. The summed E-state index contributed by atoms with van der Waals surface area (Å²) in [6, 6.07) is 4.50. The second kappa shape index (κ2) is 7.60. The van der Waals surface area contributed by atoms with Crippen LogP contribution in [0.2, 0.25) is 0 Å². The summed E-state index contributed by atoms with van der Waals surface area (Å²) >= 11 is 1.65. The van der Waals surface area contributed by atoms with Crippen LogP contribution in [0, 0.1) is 5.92 Å². The largest absolute Gasteiger partial charge is 0.337 e. The molecule has 1 fully saturated rings. The zero-order valence-electron chi connectivity index (χ0n) is 12.3. The summed E-state index contributed by atoms with van der Waals surface area (Å²) in [5.74, 6) is 0.622. The van der Waals surface area contributed by atoms with Gasteiger partial charge in [0, 0.05) is 30.1 Å². The van der Waals surface area contributed by atoms with Crippen LogP contribution in [0.15, 0.2) is 23.6 Å². The highest BCUT2D eigenvalue weighted by atomic mass is 32.1. The average molecular weight is 292 g/mol. The minimum absolute atomic E-state index is 0.126. The number of nitrogens with zero attached hydrogens (tertiary/aromatic N) is 1. The van der Waals surface area contributed by atoms with E-state index in [0.717, 1.165) is 24.5 Å². The van der Waals surface area contributed by atoms with E-state index in [4.69, 9.17) is 0 Å². The molecule has 0 aliphatic carbocycles. The smallest absolute Gasteiger partial charge is 0.246 e. The summed E-state index contributed by atoms with van der Waals surface area (Å²) in [7, 11) is 0. The predicted octanol–water partition coefficient (Wildman–Crippen LogP) is 3.00. The molecule has 0 aromatic carbocycles. The van der Waals surface area contributed by atoms with Gasteiger partial charge in [-0.2, -0.15) is 0 Å². The Kier molecular flexibility index (Phi) is 5.80. The highest BCUT2D eigenvalue weighted by molar-refractivity contribution is 7.10. The lowest BCUT2D eigenvalue weighted by molar-refractivity contribution is -0.126. The first kappa shape index (κ1) is 15.3. The van der Waals surface area contributed by atoms with Gasteiger partial charge in [-0.1, -0.05) is 19.9 Å². The fourth-order valence-electron chi connectivity index (χ4n) is 2.52. The van der Waals surface area contributed by atoms with Crippen LogP contribution in [0.4, 0.5) is 0 Å². The predicted molar refractivity (Wildman–Crippen MR) is 85.8 cm³/mol. The van der Waals surface area contributed by atoms with Gasteiger partial charge in [0.05, 0.1) is 0 Å². The van der Waals surface area contributed by atoms with Crippen molar-refractivity contribution in [1.29, 1.82) is 0 Å². The Morgan fingerprint density at radius 2 is 2.45 bits per heavy atom. The van der Waals surface area contributed by atoms with Crippen molar-refractivity contribution in [2.24, 2.45) is 5.92 Å². The molecule has 1 aliphatic heterocycles. The molecule has 1 aromatic heterocycles. The minimum Gasteiger partial charge on any atom is -0.337 e. The van der Waals surface area contributed by atoms with Gasteiger partial charge >= 0.3 is 0 Å². The van der Waals surface area contributed by atoms with E-state index >= 15 is 0 Å². The lowest BCUT2D eigenvalue weighted by Gasteiger charge is -2.26. The van der Waals surface area contributed by atoms with Crippen molar-refractivity contribution in [3.63, 3.8) is 0 Å². The molecular formula is C16H24N2OS. The van der Waals surface area contributed by atoms with Crippen molar-refractivity contribution < 1.29 is 4.79 Å². The Morgan fingerprint density at radius 3 is 3.05 bits per heavy atom. The topological polar surface area (TPSA) is 32.3 Å². The molecule has 1 N–H and O–H groups in total. The third-order valence-corrected chi connectivity index (χ3v) is 4.27. The maximum atomic E-state index is 12.4. The molecule has 4 heteroatoms. The highest BCUT2D eigenvalue weighted by Crippen LogP contribution is 2.12. The summed E-state index contributed by atoms with van der Waals surface area (Å²) in [5, 5.41) is 5.50. The van der Waals surface area contributed by atoms with E-state index in [2.05, 4.69) is 19.2 Å². The van der Waals surface area contributed by atoms with Gasteiger partial charge in [-0.05, 0) is 42.8 Å². The van der Waals surface area contributed by atoms with Crippen LogP contribution in [-0.4, -0.2) is 36.5 Å². The third kappa shape index (κ3) is 4.76. The van der Waals surface area contributed by atoms with E-state index in [9.17, 15) is 4.79 Å². The average Bonchev–Trinajstić information content (AvgIpc) is 3.07. The molecule has 1 aliphatic rings. The number of hydrogen-bond acceptors (Lipinski definition) is 3. The molecule has 1 saturated heterocycles. The zero-order valence-corrected chi connectivity index (χ0v) is 13.2. The molecule has 1 unspecified atom stereocenters. The lowest BCUT2D eigenvalue weighted by atomic mass is 10.1. The van der Waals surface area contributed by atoms with E-state index < -0.39 is 0 Å². The summed E-state index contributed by atoms with van der Waals surface area (Å²) < 4.78 is 0. The van der Waals surface area contributed by atoms with E-state index in [0.29, 0.717) is 12.0 Å².